The Bertz CT molecular complexity index is 562. The third-order valence-electron chi connectivity index (χ3n) is 3.47. The van der Waals surface area contributed by atoms with Gasteiger partial charge in [-0.2, -0.15) is 0 Å². The van der Waals surface area contributed by atoms with Crippen LogP contribution in [0.5, 0.6) is 0 Å². The van der Waals surface area contributed by atoms with Crippen molar-refractivity contribution in [2.45, 2.75) is 25.8 Å². The predicted molar refractivity (Wildman–Crippen MR) is 74.3 cm³/mol. The van der Waals surface area contributed by atoms with Gasteiger partial charge < -0.3 is 10.2 Å². The molecule has 1 aliphatic rings. The van der Waals surface area contributed by atoms with E-state index < -0.39 is 11.7 Å². The van der Waals surface area contributed by atoms with Gasteiger partial charge >= 0.3 is 0 Å². The summed E-state index contributed by atoms with van der Waals surface area (Å²) < 4.78 is 13.8. The number of nitrogens with zero attached hydrogens (tertiary/aromatic N) is 1. The van der Waals surface area contributed by atoms with Gasteiger partial charge in [-0.25, -0.2) is 4.39 Å². The first-order chi connectivity index (χ1) is 9.40. The van der Waals surface area contributed by atoms with Gasteiger partial charge in [-0.15, -0.1) is 0 Å². The van der Waals surface area contributed by atoms with E-state index in [0.29, 0.717) is 24.9 Å². The van der Waals surface area contributed by atoms with Gasteiger partial charge in [0.05, 0.1) is 10.6 Å². The van der Waals surface area contributed by atoms with E-state index in [1.165, 1.54) is 12.1 Å². The number of likely N-dealkylation sites (tertiary alicyclic amines) is 1. The number of hydrogen-bond donors (Lipinski definition) is 1. The lowest BCUT2D eigenvalue weighted by molar-refractivity contribution is -0.132. The van der Waals surface area contributed by atoms with Gasteiger partial charge in [0.15, 0.2) is 0 Å². The minimum Gasteiger partial charge on any atom is -0.347 e. The van der Waals surface area contributed by atoms with Gasteiger partial charge in [-0.3, -0.25) is 9.59 Å². The highest BCUT2D eigenvalue weighted by Gasteiger charge is 2.26. The lowest BCUT2D eigenvalue weighted by Gasteiger charge is -2.30. The van der Waals surface area contributed by atoms with Crippen LogP contribution in [0.1, 0.15) is 28.8 Å². The lowest BCUT2D eigenvalue weighted by Crippen LogP contribution is -2.48. The van der Waals surface area contributed by atoms with E-state index >= 15 is 0 Å². The van der Waals surface area contributed by atoms with Crippen LogP contribution in [0.3, 0.4) is 0 Å². The molecular weight excluding hydrogens is 283 g/mol. The molecule has 2 amide bonds. The maximum atomic E-state index is 13.8. The molecule has 1 N–H and O–H groups in total. The molecule has 20 heavy (non-hydrogen) atoms. The number of rotatable bonds is 2. The second kappa shape index (κ2) is 5.79. The van der Waals surface area contributed by atoms with Gasteiger partial charge in [-0.1, -0.05) is 17.7 Å². The summed E-state index contributed by atoms with van der Waals surface area (Å²) in [5.41, 5.74) is 0.514. The summed E-state index contributed by atoms with van der Waals surface area (Å²) in [4.78, 5) is 25.1. The molecule has 4 nitrogen and oxygen atoms in total. The van der Waals surface area contributed by atoms with Crippen LogP contribution in [0.15, 0.2) is 12.1 Å². The number of carbonyl (C=O) groups excluding carboxylic acids is 2. The highest BCUT2D eigenvalue weighted by molar-refractivity contribution is 6.34. The molecule has 0 spiro atoms. The second-order valence-electron chi connectivity index (χ2n) is 5.04. The number of piperidine rings is 1. The molecule has 6 heteroatoms. The number of halogens is 2. The van der Waals surface area contributed by atoms with Gasteiger partial charge in [0, 0.05) is 26.1 Å². The van der Waals surface area contributed by atoms with E-state index in [1.807, 2.05) is 0 Å². The summed E-state index contributed by atoms with van der Waals surface area (Å²) in [6.07, 6.45) is 0.936. The van der Waals surface area contributed by atoms with Crippen LogP contribution in [0.25, 0.3) is 0 Å². The summed E-state index contributed by atoms with van der Waals surface area (Å²) in [6.45, 7) is 2.14. The molecule has 108 valence electrons. The Balaban J connectivity index is 2.13. The van der Waals surface area contributed by atoms with Crippen LogP contribution < -0.4 is 5.32 Å². The maximum absolute atomic E-state index is 13.8. The van der Waals surface area contributed by atoms with Crippen LogP contribution in [0.4, 0.5) is 4.39 Å². The number of nitrogens with one attached hydrogen (secondary N) is 1. The zero-order valence-electron chi connectivity index (χ0n) is 11.4. The SMILES string of the molecule is Cc1ccc(F)c(C(=O)NC2CCC(=O)N(C)C2)c1Cl. The smallest absolute Gasteiger partial charge is 0.256 e. The van der Waals surface area contributed by atoms with Crippen molar-refractivity contribution in [1.82, 2.24) is 10.2 Å². The minimum absolute atomic E-state index is 0.0512. The Kier molecular flexibility index (Phi) is 4.28. The predicted octanol–water partition coefficient (Wildman–Crippen LogP) is 2.14. The maximum Gasteiger partial charge on any atom is 0.256 e. The van der Waals surface area contributed by atoms with E-state index in [1.54, 1.807) is 18.9 Å². The lowest BCUT2D eigenvalue weighted by atomic mass is 10.0. The Labute approximate surface area is 121 Å². The third-order valence-corrected chi connectivity index (χ3v) is 3.96. The molecule has 0 aliphatic carbocycles. The average molecular weight is 299 g/mol. The average Bonchev–Trinajstić information content (AvgIpc) is 2.39. The molecule has 1 fully saturated rings. The number of likely N-dealkylation sites (N-methyl/N-ethyl adjacent to an activating group) is 1. The van der Waals surface area contributed by atoms with Crippen LogP contribution in [-0.2, 0) is 4.79 Å². The van der Waals surface area contributed by atoms with Gasteiger partial charge in [-0.05, 0) is 25.0 Å². The van der Waals surface area contributed by atoms with Crippen molar-refractivity contribution in [3.05, 3.63) is 34.1 Å². The van der Waals surface area contributed by atoms with E-state index in [9.17, 15) is 14.0 Å². The van der Waals surface area contributed by atoms with Crippen molar-refractivity contribution >= 4 is 23.4 Å². The summed E-state index contributed by atoms with van der Waals surface area (Å²) in [7, 11) is 1.68. The zero-order chi connectivity index (χ0) is 14.9. The fourth-order valence-electron chi connectivity index (χ4n) is 2.25. The molecule has 1 saturated heterocycles. The highest BCUT2D eigenvalue weighted by atomic mass is 35.5. The van der Waals surface area contributed by atoms with Gasteiger partial charge in [0.25, 0.3) is 5.91 Å². The van der Waals surface area contributed by atoms with Gasteiger partial charge in [0.2, 0.25) is 5.91 Å². The summed E-state index contributed by atoms with van der Waals surface area (Å²) in [5, 5.41) is 2.87. The van der Waals surface area contributed by atoms with Crippen LogP contribution in [-0.4, -0.2) is 36.3 Å². The summed E-state index contributed by atoms with van der Waals surface area (Å²) in [6, 6.07) is 2.58. The molecule has 1 aromatic rings. The molecule has 1 aromatic carbocycles. The molecule has 1 atom stereocenters. The standard InChI is InChI=1S/C14H16ClFN2O2/c1-8-3-5-10(16)12(13(8)15)14(20)17-9-4-6-11(19)18(2)7-9/h3,5,9H,4,6-7H2,1-2H3,(H,17,20). The molecule has 2 rings (SSSR count). The van der Waals surface area contributed by atoms with Crippen molar-refractivity contribution in [3.8, 4) is 0 Å². The van der Waals surface area contributed by atoms with Crippen molar-refractivity contribution in [2.24, 2.45) is 0 Å². The van der Waals surface area contributed by atoms with Crippen molar-refractivity contribution in [1.29, 1.82) is 0 Å². The molecule has 1 heterocycles. The van der Waals surface area contributed by atoms with E-state index in [-0.39, 0.29) is 22.5 Å². The van der Waals surface area contributed by atoms with Crippen LogP contribution in [0.2, 0.25) is 5.02 Å². The second-order valence-corrected chi connectivity index (χ2v) is 5.41. The van der Waals surface area contributed by atoms with E-state index in [2.05, 4.69) is 5.32 Å². The number of amides is 2. The number of aryl methyl sites for hydroxylation is 1. The Morgan fingerprint density at radius 1 is 1.50 bits per heavy atom. The topological polar surface area (TPSA) is 49.4 Å². The molecule has 0 saturated carbocycles. The number of hydrogen-bond acceptors (Lipinski definition) is 2. The monoisotopic (exact) mass is 298 g/mol. The Morgan fingerprint density at radius 3 is 2.85 bits per heavy atom. The number of carbonyl (C=O) groups is 2. The first-order valence-corrected chi connectivity index (χ1v) is 6.77. The van der Waals surface area contributed by atoms with E-state index in [0.717, 1.165) is 0 Å². The van der Waals surface area contributed by atoms with Crippen LogP contribution >= 0.6 is 11.6 Å². The first kappa shape index (κ1) is 14.8. The number of benzene rings is 1. The molecule has 0 radical (unpaired) electrons. The quantitative estimate of drug-likeness (QED) is 0.909. The van der Waals surface area contributed by atoms with Crippen molar-refractivity contribution in [2.75, 3.05) is 13.6 Å². The van der Waals surface area contributed by atoms with Crippen molar-refractivity contribution in [3.63, 3.8) is 0 Å². The summed E-state index contributed by atoms with van der Waals surface area (Å²) in [5.74, 6) is -1.13. The molecule has 1 aliphatic heterocycles. The fraction of sp³-hybridized carbons (Fsp3) is 0.429. The largest absolute Gasteiger partial charge is 0.347 e. The zero-order valence-corrected chi connectivity index (χ0v) is 12.1. The molecule has 0 aromatic heterocycles. The Morgan fingerprint density at radius 2 is 2.20 bits per heavy atom. The first-order valence-electron chi connectivity index (χ1n) is 6.39. The fourth-order valence-corrected chi connectivity index (χ4v) is 2.49. The van der Waals surface area contributed by atoms with E-state index in [4.69, 9.17) is 11.6 Å². The van der Waals surface area contributed by atoms with Crippen LogP contribution in [0, 0.1) is 12.7 Å². The molecular formula is C14H16ClFN2O2. The molecule has 0 bridgehead atoms. The van der Waals surface area contributed by atoms with Gasteiger partial charge in [0.1, 0.15) is 5.82 Å². The van der Waals surface area contributed by atoms with Crippen molar-refractivity contribution < 1.29 is 14.0 Å². The summed E-state index contributed by atoms with van der Waals surface area (Å²) >= 11 is 6.00. The third kappa shape index (κ3) is 2.93. The molecule has 1 unspecified atom stereocenters. The normalized spacial score (nSPS) is 19.1. The highest BCUT2D eigenvalue weighted by Crippen LogP contribution is 2.23. The minimum atomic E-state index is -0.640. The Hall–Kier alpha value is -1.62.